The van der Waals surface area contributed by atoms with Gasteiger partial charge in [0.25, 0.3) is 0 Å². The second kappa shape index (κ2) is 3.73. The van der Waals surface area contributed by atoms with Crippen LogP contribution >= 0.6 is 11.8 Å². The molecule has 1 aromatic heterocycles. The Kier molecular flexibility index (Phi) is 2.58. The molecule has 0 radical (unpaired) electrons. The molecule has 0 atom stereocenters. The minimum atomic E-state index is 0.148. The van der Waals surface area contributed by atoms with Gasteiger partial charge in [-0.05, 0) is 13.8 Å². The minimum absolute atomic E-state index is 0.148. The molecule has 0 N–H and O–H groups in total. The molecule has 2 rings (SSSR count). The van der Waals surface area contributed by atoms with Crippen LogP contribution in [0, 0.1) is 5.92 Å². The number of hydrogen-bond acceptors (Lipinski definition) is 4. The van der Waals surface area contributed by atoms with Crippen LogP contribution in [0.4, 0.5) is 0 Å². The second-order valence-corrected chi connectivity index (χ2v) is 4.80. The van der Waals surface area contributed by atoms with E-state index in [0.717, 1.165) is 11.5 Å². The lowest BCUT2D eigenvalue weighted by Gasteiger charge is -2.23. The van der Waals surface area contributed by atoms with E-state index in [9.17, 15) is 4.79 Å². The quantitative estimate of drug-likeness (QED) is 0.709. The van der Waals surface area contributed by atoms with Crippen LogP contribution in [-0.2, 0) is 0 Å². The van der Waals surface area contributed by atoms with Crippen molar-refractivity contribution in [3.05, 3.63) is 12.2 Å². The lowest BCUT2D eigenvalue weighted by Crippen LogP contribution is -2.30. The highest BCUT2D eigenvalue weighted by atomic mass is 32.2. The molecule has 4 nitrogen and oxygen atoms in total. The molecule has 0 aromatic carbocycles. The summed E-state index contributed by atoms with van der Waals surface area (Å²) in [7, 11) is 0. The van der Waals surface area contributed by atoms with Gasteiger partial charge in [0.1, 0.15) is 6.33 Å². The molecule has 1 fully saturated rings. The summed E-state index contributed by atoms with van der Waals surface area (Å²) in [4.78, 5) is 15.9. The molecule has 0 unspecified atom stereocenters. The Labute approximate surface area is 87.1 Å². The van der Waals surface area contributed by atoms with Gasteiger partial charge < -0.3 is 0 Å². The first-order valence-corrected chi connectivity index (χ1v) is 5.87. The lowest BCUT2D eigenvalue weighted by molar-refractivity contribution is 0.0920. The summed E-state index contributed by atoms with van der Waals surface area (Å²) in [5, 5.41) is 4.06. The molecule has 0 spiro atoms. The molecule has 0 bridgehead atoms. The van der Waals surface area contributed by atoms with Crippen molar-refractivity contribution in [3.8, 4) is 0 Å². The number of Topliss-reactive ketones (excluding diaryl/α,β-unsaturated/α-hetero) is 1. The summed E-state index contributed by atoms with van der Waals surface area (Å²) in [5.74, 6) is 2.70. The Hall–Kier alpha value is -0.840. The van der Waals surface area contributed by atoms with Crippen LogP contribution < -0.4 is 0 Å². The molecule has 1 aromatic rings. The highest BCUT2D eigenvalue weighted by molar-refractivity contribution is 8.00. The van der Waals surface area contributed by atoms with Gasteiger partial charge in [0.05, 0.1) is 0 Å². The van der Waals surface area contributed by atoms with E-state index in [1.165, 1.54) is 6.33 Å². The van der Waals surface area contributed by atoms with Crippen LogP contribution in [0.25, 0.3) is 0 Å². The number of ketones is 1. The van der Waals surface area contributed by atoms with Gasteiger partial charge in [-0.1, -0.05) is 0 Å². The fourth-order valence-corrected chi connectivity index (χ4v) is 2.15. The number of aromatic nitrogens is 3. The molecule has 0 aliphatic carbocycles. The molecule has 1 aliphatic heterocycles. The van der Waals surface area contributed by atoms with Crippen molar-refractivity contribution in [2.45, 2.75) is 19.9 Å². The van der Waals surface area contributed by atoms with Crippen molar-refractivity contribution in [2.24, 2.45) is 5.92 Å². The second-order valence-electron chi connectivity index (χ2n) is 3.72. The predicted molar refractivity (Wildman–Crippen MR) is 55.6 cm³/mol. The van der Waals surface area contributed by atoms with Crippen LogP contribution in [0.1, 0.15) is 30.5 Å². The fraction of sp³-hybridized carbons (Fsp3) is 0.667. The van der Waals surface area contributed by atoms with Gasteiger partial charge in [-0.2, -0.15) is 16.9 Å². The van der Waals surface area contributed by atoms with E-state index in [4.69, 9.17) is 0 Å². The van der Waals surface area contributed by atoms with Crippen LogP contribution in [0.2, 0.25) is 0 Å². The van der Waals surface area contributed by atoms with Gasteiger partial charge in [0.2, 0.25) is 5.78 Å². The zero-order valence-corrected chi connectivity index (χ0v) is 9.12. The molecular weight excluding hydrogens is 198 g/mol. The van der Waals surface area contributed by atoms with Crippen molar-refractivity contribution >= 4 is 17.5 Å². The summed E-state index contributed by atoms with van der Waals surface area (Å²) >= 11 is 1.81. The molecule has 1 aliphatic rings. The highest BCUT2D eigenvalue weighted by Crippen LogP contribution is 2.27. The first-order valence-electron chi connectivity index (χ1n) is 4.71. The molecule has 14 heavy (non-hydrogen) atoms. The molecule has 0 saturated carbocycles. The molecule has 1 saturated heterocycles. The van der Waals surface area contributed by atoms with E-state index in [1.54, 1.807) is 16.4 Å². The van der Waals surface area contributed by atoms with Gasteiger partial charge in [0.15, 0.2) is 5.82 Å². The number of rotatable bonds is 3. The third kappa shape index (κ3) is 1.56. The molecular formula is C9H13N3OS. The van der Waals surface area contributed by atoms with Gasteiger partial charge in [0, 0.05) is 23.5 Å². The number of nitrogens with zero attached hydrogens (tertiary/aromatic N) is 3. The Morgan fingerprint density at radius 1 is 1.64 bits per heavy atom. The van der Waals surface area contributed by atoms with Gasteiger partial charge in [-0.25, -0.2) is 9.67 Å². The summed E-state index contributed by atoms with van der Waals surface area (Å²) in [5.41, 5.74) is 0. The SMILES string of the molecule is CC(C)n1ncnc1C(=O)C1CSC1. The predicted octanol–water partition coefficient (Wildman–Crippen LogP) is 1.40. The summed E-state index contributed by atoms with van der Waals surface area (Å²) in [6.45, 7) is 4.00. The average molecular weight is 211 g/mol. The normalized spacial score (nSPS) is 17.1. The van der Waals surface area contributed by atoms with E-state index in [1.807, 2.05) is 13.8 Å². The smallest absolute Gasteiger partial charge is 0.204 e. The van der Waals surface area contributed by atoms with Gasteiger partial charge in [-0.15, -0.1) is 0 Å². The topological polar surface area (TPSA) is 47.8 Å². The third-order valence-corrected chi connectivity index (χ3v) is 3.57. The number of carbonyl (C=O) groups is 1. The van der Waals surface area contributed by atoms with E-state index in [0.29, 0.717) is 5.82 Å². The third-order valence-electron chi connectivity index (χ3n) is 2.29. The fourth-order valence-electron chi connectivity index (χ4n) is 1.37. The van der Waals surface area contributed by atoms with E-state index in [2.05, 4.69) is 10.1 Å². The zero-order chi connectivity index (χ0) is 10.1. The van der Waals surface area contributed by atoms with Crippen LogP contribution in [0.5, 0.6) is 0 Å². The molecule has 5 heteroatoms. The van der Waals surface area contributed by atoms with Crippen molar-refractivity contribution in [1.82, 2.24) is 14.8 Å². The van der Waals surface area contributed by atoms with E-state index in [-0.39, 0.29) is 17.7 Å². The lowest BCUT2D eigenvalue weighted by atomic mass is 10.1. The van der Waals surface area contributed by atoms with Crippen molar-refractivity contribution in [3.63, 3.8) is 0 Å². The maximum absolute atomic E-state index is 11.9. The number of hydrogen-bond donors (Lipinski definition) is 0. The first-order chi connectivity index (χ1) is 6.70. The standard InChI is InChI=1S/C9H13N3OS/c1-6(2)12-9(10-5-11-12)8(13)7-3-14-4-7/h5-7H,3-4H2,1-2H3. The minimum Gasteiger partial charge on any atom is -0.290 e. The highest BCUT2D eigenvalue weighted by Gasteiger charge is 2.30. The average Bonchev–Trinajstić information content (AvgIpc) is 2.47. The molecule has 76 valence electrons. The Morgan fingerprint density at radius 3 is 2.86 bits per heavy atom. The molecule has 2 heterocycles. The van der Waals surface area contributed by atoms with Crippen molar-refractivity contribution < 1.29 is 4.79 Å². The van der Waals surface area contributed by atoms with Crippen LogP contribution in [0.3, 0.4) is 0 Å². The summed E-state index contributed by atoms with van der Waals surface area (Å²) < 4.78 is 1.70. The Morgan fingerprint density at radius 2 is 2.36 bits per heavy atom. The maximum Gasteiger partial charge on any atom is 0.204 e. The zero-order valence-electron chi connectivity index (χ0n) is 8.30. The van der Waals surface area contributed by atoms with E-state index < -0.39 is 0 Å². The van der Waals surface area contributed by atoms with Crippen molar-refractivity contribution in [1.29, 1.82) is 0 Å². The van der Waals surface area contributed by atoms with Crippen LogP contribution in [-0.4, -0.2) is 32.1 Å². The molecule has 0 amide bonds. The number of thioether (sulfide) groups is 1. The Balaban J connectivity index is 2.22. The Bertz CT molecular complexity index is 344. The first kappa shape index (κ1) is 9.71. The summed E-state index contributed by atoms with van der Waals surface area (Å²) in [6.07, 6.45) is 1.46. The van der Waals surface area contributed by atoms with Gasteiger partial charge >= 0.3 is 0 Å². The van der Waals surface area contributed by atoms with Gasteiger partial charge in [-0.3, -0.25) is 4.79 Å². The monoisotopic (exact) mass is 211 g/mol. The van der Waals surface area contributed by atoms with Crippen LogP contribution in [0.15, 0.2) is 6.33 Å². The summed E-state index contributed by atoms with van der Waals surface area (Å²) in [6, 6.07) is 0.198. The van der Waals surface area contributed by atoms with E-state index >= 15 is 0 Å². The maximum atomic E-state index is 11.9. The van der Waals surface area contributed by atoms with Crippen molar-refractivity contribution in [2.75, 3.05) is 11.5 Å². The largest absolute Gasteiger partial charge is 0.290 e. The number of carbonyl (C=O) groups excluding carboxylic acids is 1.